The van der Waals surface area contributed by atoms with Crippen molar-refractivity contribution in [3.05, 3.63) is 12.4 Å². The lowest BCUT2D eigenvalue weighted by molar-refractivity contribution is 0.0797. The van der Waals surface area contributed by atoms with Crippen LogP contribution in [0.4, 0.5) is 14.6 Å². The van der Waals surface area contributed by atoms with Crippen LogP contribution in [-0.2, 0) is 0 Å². The van der Waals surface area contributed by atoms with E-state index in [1.807, 2.05) is 4.90 Å². The Bertz CT molecular complexity index is 801. The minimum atomic E-state index is -2.53. The van der Waals surface area contributed by atoms with E-state index in [0.717, 1.165) is 0 Å². The first-order valence-corrected chi connectivity index (χ1v) is 7.59. The monoisotopic (exact) mass is 337 g/mol. The van der Waals surface area contributed by atoms with Gasteiger partial charge in [-0.3, -0.25) is 0 Å². The first kappa shape index (κ1) is 15.2. The topological polar surface area (TPSA) is 56.7 Å². The highest BCUT2D eigenvalue weighted by Gasteiger charge is 2.71. The average Bonchev–Trinajstić information content (AvgIpc) is 2.93. The van der Waals surface area contributed by atoms with E-state index in [2.05, 4.69) is 9.97 Å². The predicted octanol–water partition coefficient (Wildman–Crippen LogP) is 2.36. The van der Waals surface area contributed by atoms with Crippen molar-refractivity contribution in [3.63, 3.8) is 0 Å². The fourth-order valence-corrected chi connectivity index (χ4v) is 3.58. The zero-order valence-electron chi connectivity index (χ0n) is 13.5. The first-order chi connectivity index (χ1) is 11.5. The first-order valence-electron chi connectivity index (χ1n) is 7.59. The number of halogens is 2. The molecule has 2 unspecified atom stereocenters. The summed E-state index contributed by atoms with van der Waals surface area (Å²) in [7, 11) is 4.56. The van der Waals surface area contributed by atoms with Gasteiger partial charge < -0.3 is 19.1 Å². The number of ether oxygens (including phenoxy) is 3. The van der Waals surface area contributed by atoms with Gasteiger partial charge in [0.2, 0.25) is 5.75 Å². The third-order valence-corrected chi connectivity index (χ3v) is 4.91. The van der Waals surface area contributed by atoms with Crippen molar-refractivity contribution in [3.8, 4) is 17.2 Å². The Morgan fingerprint density at radius 3 is 2.29 bits per heavy atom. The maximum absolute atomic E-state index is 13.5. The van der Waals surface area contributed by atoms with Crippen LogP contribution in [0.2, 0.25) is 0 Å². The Morgan fingerprint density at radius 2 is 1.71 bits per heavy atom. The largest absolute Gasteiger partial charge is 0.493 e. The van der Waals surface area contributed by atoms with Gasteiger partial charge in [0.1, 0.15) is 17.7 Å². The molecule has 1 aromatic carbocycles. The van der Waals surface area contributed by atoms with Crippen molar-refractivity contribution in [1.29, 1.82) is 0 Å². The lowest BCUT2D eigenvalue weighted by Crippen LogP contribution is -2.28. The zero-order valence-corrected chi connectivity index (χ0v) is 13.5. The van der Waals surface area contributed by atoms with Crippen molar-refractivity contribution >= 4 is 16.7 Å². The molecule has 0 bridgehead atoms. The summed E-state index contributed by atoms with van der Waals surface area (Å²) in [4.78, 5) is 10.5. The quantitative estimate of drug-likeness (QED) is 0.854. The lowest BCUT2D eigenvalue weighted by atomic mass is 10.1. The van der Waals surface area contributed by atoms with E-state index in [9.17, 15) is 8.78 Å². The van der Waals surface area contributed by atoms with E-state index in [4.69, 9.17) is 14.2 Å². The second-order valence-electron chi connectivity index (χ2n) is 6.03. The zero-order chi connectivity index (χ0) is 17.1. The second kappa shape index (κ2) is 5.06. The molecular formula is C16H17F2N3O3. The predicted molar refractivity (Wildman–Crippen MR) is 83.3 cm³/mol. The highest BCUT2D eigenvalue weighted by atomic mass is 19.3. The molecule has 2 fully saturated rings. The van der Waals surface area contributed by atoms with E-state index >= 15 is 0 Å². The molecule has 2 atom stereocenters. The van der Waals surface area contributed by atoms with Crippen LogP contribution in [-0.4, -0.2) is 50.3 Å². The Hall–Kier alpha value is -2.38. The highest BCUT2D eigenvalue weighted by molar-refractivity contribution is 5.97. The van der Waals surface area contributed by atoms with Gasteiger partial charge in [-0.15, -0.1) is 0 Å². The maximum Gasteiger partial charge on any atom is 0.258 e. The Labute approximate surface area is 137 Å². The molecule has 4 rings (SSSR count). The van der Waals surface area contributed by atoms with E-state index in [-0.39, 0.29) is 0 Å². The highest BCUT2D eigenvalue weighted by Crippen LogP contribution is 2.60. The molecule has 1 saturated carbocycles. The van der Waals surface area contributed by atoms with Gasteiger partial charge in [-0.05, 0) is 6.07 Å². The van der Waals surface area contributed by atoms with Gasteiger partial charge in [0, 0.05) is 13.1 Å². The number of rotatable bonds is 4. The number of methoxy groups -OCH3 is 3. The van der Waals surface area contributed by atoms with Crippen LogP contribution in [0.3, 0.4) is 0 Å². The number of benzene rings is 1. The van der Waals surface area contributed by atoms with Crippen LogP contribution >= 0.6 is 0 Å². The summed E-state index contributed by atoms with van der Waals surface area (Å²) in [6.07, 6.45) is 1.41. The molecule has 1 aromatic heterocycles. The van der Waals surface area contributed by atoms with Crippen LogP contribution in [0.25, 0.3) is 10.9 Å². The molecular weight excluding hydrogens is 320 g/mol. The maximum atomic E-state index is 13.5. The van der Waals surface area contributed by atoms with Crippen molar-refractivity contribution in [1.82, 2.24) is 9.97 Å². The molecule has 1 aliphatic heterocycles. The fraction of sp³-hybridized carbons (Fsp3) is 0.500. The van der Waals surface area contributed by atoms with Gasteiger partial charge in [0.15, 0.2) is 11.5 Å². The number of alkyl halides is 2. The molecule has 1 aliphatic carbocycles. The summed E-state index contributed by atoms with van der Waals surface area (Å²) in [5, 5.41) is 0.691. The van der Waals surface area contributed by atoms with Gasteiger partial charge in [-0.1, -0.05) is 0 Å². The number of anilines is 1. The summed E-state index contributed by atoms with van der Waals surface area (Å²) < 4.78 is 43.1. The van der Waals surface area contributed by atoms with Gasteiger partial charge in [0.05, 0.1) is 38.6 Å². The third kappa shape index (κ3) is 1.91. The normalized spacial score (nSPS) is 24.0. The van der Waals surface area contributed by atoms with E-state index < -0.39 is 17.8 Å². The average molecular weight is 337 g/mol. The molecule has 6 nitrogen and oxygen atoms in total. The molecule has 2 aliphatic rings. The Balaban J connectivity index is 1.83. The van der Waals surface area contributed by atoms with Gasteiger partial charge in [0.25, 0.3) is 5.92 Å². The van der Waals surface area contributed by atoms with Crippen LogP contribution in [0.1, 0.15) is 0 Å². The van der Waals surface area contributed by atoms with Crippen molar-refractivity contribution in [2.24, 2.45) is 11.8 Å². The molecule has 0 N–H and O–H groups in total. The molecule has 2 aromatic rings. The molecule has 1 saturated heterocycles. The van der Waals surface area contributed by atoms with Gasteiger partial charge >= 0.3 is 0 Å². The van der Waals surface area contributed by atoms with Gasteiger partial charge in [-0.2, -0.15) is 0 Å². The van der Waals surface area contributed by atoms with Crippen molar-refractivity contribution in [2.45, 2.75) is 5.92 Å². The fourth-order valence-electron chi connectivity index (χ4n) is 3.58. The second-order valence-corrected chi connectivity index (χ2v) is 6.03. The molecule has 2 heterocycles. The number of piperidine rings is 1. The molecule has 24 heavy (non-hydrogen) atoms. The Kier molecular flexibility index (Phi) is 3.20. The standard InChI is InChI=1S/C16H17F2N3O3/c1-22-11-4-8-12(14(24-3)13(11)23-2)19-7-20-15(8)21-5-9-10(6-21)16(9,17)18/h4,7,9-10H,5-6H2,1-3H3. The molecule has 0 radical (unpaired) electrons. The van der Waals surface area contributed by atoms with Crippen LogP contribution in [0.15, 0.2) is 12.4 Å². The van der Waals surface area contributed by atoms with E-state index in [0.29, 0.717) is 47.1 Å². The lowest BCUT2D eigenvalue weighted by Gasteiger charge is -2.23. The number of hydrogen-bond donors (Lipinski definition) is 0. The van der Waals surface area contributed by atoms with Gasteiger partial charge in [-0.25, -0.2) is 18.7 Å². The van der Waals surface area contributed by atoms with E-state index in [1.54, 1.807) is 6.07 Å². The summed E-state index contributed by atoms with van der Waals surface area (Å²) in [5.74, 6) is -1.72. The van der Waals surface area contributed by atoms with Crippen LogP contribution in [0, 0.1) is 11.8 Å². The smallest absolute Gasteiger partial charge is 0.258 e. The third-order valence-electron chi connectivity index (χ3n) is 4.91. The van der Waals surface area contributed by atoms with Crippen LogP contribution in [0.5, 0.6) is 17.2 Å². The van der Waals surface area contributed by atoms with E-state index in [1.165, 1.54) is 27.7 Å². The SMILES string of the molecule is COc1cc2c(N3CC4C(C3)C4(F)F)ncnc2c(OC)c1OC. The minimum Gasteiger partial charge on any atom is -0.493 e. The molecule has 0 amide bonds. The molecule has 8 heteroatoms. The number of aromatic nitrogens is 2. The van der Waals surface area contributed by atoms with Crippen molar-refractivity contribution in [2.75, 3.05) is 39.3 Å². The summed E-state index contributed by atoms with van der Waals surface area (Å²) >= 11 is 0. The minimum absolute atomic E-state index is 0.292. The summed E-state index contributed by atoms with van der Waals surface area (Å²) in [6, 6.07) is 1.76. The van der Waals surface area contributed by atoms with Crippen LogP contribution < -0.4 is 19.1 Å². The summed E-state index contributed by atoms with van der Waals surface area (Å²) in [6.45, 7) is 0.584. The van der Waals surface area contributed by atoms with Crippen molar-refractivity contribution < 1.29 is 23.0 Å². The number of fused-ring (bicyclic) bond motifs is 2. The number of nitrogens with zero attached hydrogens (tertiary/aromatic N) is 3. The molecule has 128 valence electrons. The molecule has 0 spiro atoms. The summed E-state index contributed by atoms with van der Waals surface area (Å²) in [5.41, 5.74) is 0.562. The number of hydrogen-bond acceptors (Lipinski definition) is 6. The Morgan fingerprint density at radius 1 is 1.04 bits per heavy atom.